The molecule has 18 heavy (non-hydrogen) atoms. The molecule has 1 rings (SSSR count). The van der Waals surface area contributed by atoms with Gasteiger partial charge in [0.1, 0.15) is 0 Å². The fourth-order valence-corrected chi connectivity index (χ4v) is 4.41. The first kappa shape index (κ1) is 14.8. The highest BCUT2D eigenvalue weighted by Gasteiger charge is 2.19. The SMILES string of the molecule is Cc1cc(N)c(NS(=O)(=O)CS(C)(=O)=O)cc1C. The van der Waals surface area contributed by atoms with E-state index in [0.717, 1.165) is 17.4 Å². The van der Waals surface area contributed by atoms with Gasteiger partial charge in [0.2, 0.25) is 10.0 Å². The Morgan fingerprint density at radius 3 is 2.11 bits per heavy atom. The molecule has 0 spiro atoms. The molecule has 0 fully saturated rings. The zero-order valence-electron chi connectivity index (χ0n) is 10.4. The molecule has 0 aliphatic heterocycles. The third-order valence-corrected chi connectivity index (χ3v) is 5.79. The van der Waals surface area contributed by atoms with E-state index >= 15 is 0 Å². The zero-order valence-corrected chi connectivity index (χ0v) is 12.0. The molecule has 0 saturated carbocycles. The van der Waals surface area contributed by atoms with Crippen LogP contribution in [0.3, 0.4) is 0 Å². The third kappa shape index (κ3) is 4.19. The number of sulfone groups is 1. The highest BCUT2D eigenvalue weighted by Crippen LogP contribution is 2.24. The number of nitrogen functional groups attached to an aromatic ring is 1. The summed E-state index contributed by atoms with van der Waals surface area (Å²) in [5, 5.41) is -0.966. The van der Waals surface area contributed by atoms with Crippen LogP contribution < -0.4 is 10.5 Å². The summed E-state index contributed by atoms with van der Waals surface area (Å²) in [6, 6.07) is 3.21. The molecule has 0 aliphatic carbocycles. The van der Waals surface area contributed by atoms with Crippen molar-refractivity contribution in [1.82, 2.24) is 0 Å². The molecule has 8 heteroatoms. The molecule has 0 unspecified atom stereocenters. The van der Waals surface area contributed by atoms with Crippen LogP contribution in [-0.2, 0) is 19.9 Å². The third-order valence-electron chi connectivity index (χ3n) is 2.30. The molecular weight excluding hydrogens is 276 g/mol. The van der Waals surface area contributed by atoms with Crippen LogP contribution in [0.4, 0.5) is 11.4 Å². The van der Waals surface area contributed by atoms with E-state index < -0.39 is 24.9 Å². The minimum atomic E-state index is -3.96. The molecule has 0 bridgehead atoms. The maximum absolute atomic E-state index is 11.6. The lowest BCUT2D eigenvalue weighted by Gasteiger charge is -2.12. The van der Waals surface area contributed by atoms with E-state index in [9.17, 15) is 16.8 Å². The summed E-state index contributed by atoms with van der Waals surface area (Å²) in [6.07, 6.45) is 0.857. The van der Waals surface area contributed by atoms with E-state index in [0.29, 0.717) is 0 Å². The summed E-state index contributed by atoms with van der Waals surface area (Å²) >= 11 is 0. The summed E-state index contributed by atoms with van der Waals surface area (Å²) in [6.45, 7) is 3.66. The molecule has 0 aromatic heterocycles. The molecule has 0 radical (unpaired) electrons. The second kappa shape index (κ2) is 4.77. The number of benzene rings is 1. The van der Waals surface area contributed by atoms with Crippen LogP contribution in [0.15, 0.2) is 12.1 Å². The Morgan fingerprint density at radius 1 is 1.11 bits per heavy atom. The quantitative estimate of drug-likeness (QED) is 0.792. The van der Waals surface area contributed by atoms with Crippen LogP contribution in [0.2, 0.25) is 0 Å². The molecular formula is C10H16N2O4S2. The Kier molecular flexibility index (Phi) is 3.92. The molecule has 0 saturated heterocycles. The van der Waals surface area contributed by atoms with Gasteiger partial charge in [0.15, 0.2) is 14.9 Å². The van der Waals surface area contributed by atoms with Gasteiger partial charge in [-0.05, 0) is 37.1 Å². The summed E-state index contributed by atoms with van der Waals surface area (Å²) < 4.78 is 47.4. The fourth-order valence-electron chi connectivity index (χ4n) is 1.41. The monoisotopic (exact) mass is 292 g/mol. The largest absolute Gasteiger partial charge is 0.397 e. The highest BCUT2D eigenvalue weighted by atomic mass is 32.3. The molecule has 1 aromatic rings. The average molecular weight is 292 g/mol. The number of rotatable bonds is 4. The number of aryl methyl sites for hydroxylation is 2. The Balaban J connectivity index is 3.09. The maximum atomic E-state index is 11.6. The van der Waals surface area contributed by atoms with Gasteiger partial charge in [-0.15, -0.1) is 0 Å². The van der Waals surface area contributed by atoms with Crippen LogP contribution in [0, 0.1) is 13.8 Å². The van der Waals surface area contributed by atoms with Gasteiger partial charge >= 0.3 is 0 Å². The topological polar surface area (TPSA) is 106 Å². The van der Waals surface area contributed by atoms with Crippen molar-refractivity contribution in [2.75, 3.05) is 21.8 Å². The van der Waals surface area contributed by atoms with Gasteiger partial charge < -0.3 is 5.73 Å². The Morgan fingerprint density at radius 2 is 1.61 bits per heavy atom. The van der Waals surface area contributed by atoms with Crippen LogP contribution >= 0.6 is 0 Å². The Bertz CT molecular complexity index is 663. The fraction of sp³-hybridized carbons (Fsp3) is 0.400. The molecule has 102 valence electrons. The zero-order chi connectivity index (χ0) is 14.1. The first-order valence-electron chi connectivity index (χ1n) is 5.05. The number of nitrogens with one attached hydrogen (secondary N) is 1. The average Bonchev–Trinajstić information content (AvgIpc) is 2.09. The molecule has 0 aliphatic rings. The van der Waals surface area contributed by atoms with E-state index in [1.54, 1.807) is 12.1 Å². The number of sulfonamides is 1. The first-order valence-corrected chi connectivity index (χ1v) is 8.76. The van der Waals surface area contributed by atoms with Crippen LogP contribution in [-0.4, -0.2) is 28.2 Å². The molecule has 0 amide bonds. The smallest absolute Gasteiger partial charge is 0.247 e. The van der Waals surface area contributed by atoms with Crippen LogP contribution in [0.25, 0.3) is 0 Å². The van der Waals surface area contributed by atoms with E-state index in [2.05, 4.69) is 4.72 Å². The van der Waals surface area contributed by atoms with Gasteiger partial charge in [0, 0.05) is 6.26 Å². The van der Waals surface area contributed by atoms with Gasteiger partial charge in [-0.25, -0.2) is 16.8 Å². The van der Waals surface area contributed by atoms with Crippen molar-refractivity contribution in [2.45, 2.75) is 13.8 Å². The summed E-state index contributed by atoms with van der Waals surface area (Å²) in [5.74, 6) is 0. The van der Waals surface area contributed by atoms with Gasteiger partial charge in [-0.2, -0.15) is 0 Å². The van der Waals surface area contributed by atoms with Gasteiger partial charge in [-0.3, -0.25) is 4.72 Å². The van der Waals surface area contributed by atoms with Crippen molar-refractivity contribution in [2.24, 2.45) is 0 Å². The number of hydrogen-bond acceptors (Lipinski definition) is 5. The standard InChI is InChI=1S/C10H16N2O4S2/c1-7-4-9(11)10(5-8(7)2)12-18(15,16)6-17(3,13)14/h4-5,12H,6,11H2,1-3H3. The lowest BCUT2D eigenvalue weighted by Crippen LogP contribution is -2.22. The molecule has 3 N–H and O–H groups in total. The summed E-state index contributed by atoms with van der Waals surface area (Å²) in [4.78, 5) is 0. The molecule has 6 nitrogen and oxygen atoms in total. The Labute approximate surface area is 107 Å². The first-order chi connectivity index (χ1) is 8.00. The van der Waals surface area contributed by atoms with Crippen molar-refractivity contribution >= 4 is 31.2 Å². The van der Waals surface area contributed by atoms with Crippen molar-refractivity contribution in [3.8, 4) is 0 Å². The second-order valence-electron chi connectivity index (χ2n) is 4.28. The lowest BCUT2D eigenvalue weighted by molar-refractivity contribution is 0.595. The van der Waals surface area contributed by atoms with Crippen molar-refractivity contribution in [3.63, 3.8) is 0 Å². The van der Waals surface area contributed by atoms with Crippen molar-refractivity contribution in [3.05, 3.63) is 23.3 Å². The van der Waals surface area contributed by atoms with E-state index in [-0.39, 0.29) is 11.4 Å². The van der Waals surface area contributed by atoms with Gasteiger partial charge in [0.25, 0.3) is 0 Å². The minimum Gasteiger partial charge on any atom is -0.397 e. The molecule has 1 aromatic carbocycles. The minimum absolute atomic E-state index is 0.196. The number of anilines is 2. The highest BCUT2D eigenvalue weighted by molar-refractivity contribution is 8.08. The molecule has 0 atom stereocenters. The normalized spacial score (nSPS) is 12.4. The number of nitrogens with two attached hydrogens (primary N) is 1. The summed E-state index contributed by atoms with van der Waals surface area (Å²) in [7, 11) is -7.59. The Hall–Kier alpha value is -1.28. The predicted octanol–water partition coefficient (Wildman–Crippen LogP) is 0.629. The van der Waals surface area contributed by atoms with Gasteiger partial charge in [0.05, 0.1) is 11.4 Å². The molecule has 0 heterocycles. The van der Waals surface area contributed by atoms with E-state index in [1.807, 2.05) is 13.8 Å². The number of hydrogen-bond donors (Lipinski definition) is 2. The maximum Gasteiger partial charge on any atom is 0.247 e. The van der Waals surface area contributed by atoms with Crippen molar-refractivity contribution < 1.29 is 16.8 Å². The van der Waals surface area contributed by atoms with Gasteiger partial charge in [-0.1, -0.05) is 0 Å². The van der Waals surface area contributed by atoms with Crippen LogP contribution in [0.5, 0.6) is 0 Å². The lowest BCUT2D eigenvalue weighted by atomic mass is 10.1. The second-order valence-corrected chi connectivity index (χ2v) is 8.51. The van der Waals surface area contributed by atoms with E-state index in [4.69, 9.17) is 5.73 Å². The van der Waals surface area contributed by atoms with Crippen LogP contribution in [0.1, 0.15) is 11.1 Å². The summed E-state index contributed by atoms with van der Waals surface area (Å²) in [5.41, 5.74) is 7.93. The predicted molar refractivity (Wildman–Crippen MR) is 72.6 cm³/mol. The van der Waals surface area contributed by atoms with Crippen molar-refractivity contribution in [1.29, 1.82) is 0 Å². The van der Waals surface area contributed by atoms with E-state index in [1.165, 1.54) is 0 Å².